The van der Waals surface area contributed by atoms with Crippen molar-refractivity contribution in [2.75, 3.05) is 0 Å². The lowest BCUT2D eigenvalue weighted by molar-refractivity contribution is -0.126. The van der Waals surface area contributed by atoms with Crippen LogP contribution in [0.4, 0.5) is 0 Å². The predicted molar refractivity (Wildman–Crippen MR) is 82.6 cm³/mol. The molecule has 1 aliphatic carbocycles. The molecule has 1 aromatic carbocycles. The van der Waals surface area contributed by atoms with Crippen LogP contribution >= 0.6 is 15.9 Å². The molecule has 1 amide bonds. The Morgan fingerprint density at radius 1 is 1.16 bits per heavy atom. The Morgan fingerprint density at radius 3 is 2.32 bits per heavy atom. The Balaban J connectivity index is 1.99. The summed E-state index contributed by atoms with van der Waals surface area (Å²) < 4.78 is 0. The van der Waals surface area contributed by atoms with E-state index in [-0.39, 0.29) is 5.91 Å². The van der Waals surface area contributed by atoms with Crippen LogP contribution in [0.3, 0.4) is 0 Å². The molecule has 1 aliphatic rings. The minimum absolute atomic E-state index is 0.136. The van der Waals surface area contributed by atoms with Gasteiger partial charge in [0.2, 0.25) is 5.91 Å². The molecule has 0 aliphatic heterocycles. The molecule has 1 saturated carbocycles. The lowest BCUT2D eigenvalue weighted by Crippen LogP contribution is -2.46. The molecule has 2 rings (SSSR count). The zero-order valence-corrected chi connectivity index (χ0v) is 13.2. The summed E-state index contributed by atoms with van der Waals surface area (Å²) in [6.07, 6.45) is 4.45. The Labute approximate surface area is 124 Å². The van der Waals surface area contributed by atoms with Gasteiger partial charge in [0.1, 0.15) is 0 Å². The summed E-state index contributed by atoms with van der Waals surface area (Å²) in [5.41, 5.74) is 0.605. The highest BCUT2D eigenvalue weighted by atomic mass is 79.9. The van der Waals surface area contributed by atoms with E-state index in [4.69, 9.17) is 0 Å². The van der Waals surface area contributed by atoms with E-state index in [1.54, 1.807) is 0 Å². The zero-order valence-electron chi connectivity index (χ0n) is 11.7. The Hall–Kier alpha value is -0.830. The van der Waals surface area contributed by atoms with Crippen molar-refractivity contribution >= 4 is 21.8 Å². The molecule has 0 saturated heterocycles. The minimum atomic E-state index is -0.466. The van der Waals surface area contributed by atoms with Crippen molar-refractivity contribution in [3.8, 4) is 0 Å². The molecule has 1 aromatic rings. The van der Waals surface area contributed by atoms with Crippen molar-refractivity contribution < 1.29 is 4.79 Å². The molecule has 0 atom stereocenters. The maximum Gasteiger partial charge on any atom is 0.230 e. The number of hydrogen-bond donors (Lipinski definition) is 1. The van der Waals surface area contributed by atoms with E-state index >= 15 is 0 Å². The topological polar surface area (TPSA) is 29.1 Å². The average Bonchev–Trinajstić information content (AvgIpc) is 2.42. The number of nitrogens with one attached hydrogen (secondary N) is 1. The zero-order chi connectivity index (χ0) is 13.9. The second-order valence-corrected chi connectivity index (χ2v) is 7.21. The van der Waals surface area contributed by atoms with Gasteiger partial charge in [-0.25, -0.2) is 0 Å². The third kappa shape index (κ3) is 3.59. The second kappa shape index (κ2) is 6.08. The van der Waals surface area contributed by atoms with Crippen LogP contribution in [0.15, 0.2) is 30.3 Å². The van der Waals surface area contributed by atoms with Gasteiger partial charge >= 0.3 is 0 Å². The van der Waals surface area contributed by atoms with Crippen LogP contribution in [-0.2, 0) is 10.2 Å². The van der Waals surface area contributed by atoms with Crippen LogP contribution in [0.2, 0.25) is 0 Å². The van der Waals surface area contributed by atoms with Crippen molar-refractivity contribution in [1.29, 1.82) is 0 Å². The van der Waals surface area contributed by atoms with Crippen LogP contribution in [-0.4, -0.2) is 16.8 Å². The normalized spacial score (nSPS) is 23.9. The predicted octanol–water partition coefficient (Wildman–Crippen LogP) is 3.79. The first-order valence-electron chi connectivity index (χ1n) is 7.00. The quantitative estimate of drug-likeness (QED) is 0.842. The highest BCUT2D eigenvalue weighted by Gasteiger charge is 2.31. The van der Waals surface area contributed by atoms with Crippen molar-refractivity contribution in [1.82, 2.24) is 5.32 Å². The van der Waals surface area contributed by atoms with E-state index in [1.807, 2.05) is 44.2 Å². The lowest BCUT2D eigenvalue weighted by atomic mass is 9.83. The summed E-state index contributed by atoms with van der Waals surface area (Å²) in [7, 11) is 0. The van der Waals surface area contributed by atoms with E-state index < -0.39 is 5.41 Å². The van der Waals surface area contributed by atoms with Gasteiger partial charge in [-0.05, 0) is 45.1 Å². The molecule has 0 heterocycles. The molecule has 1 N–H and O–H groups in total. The molecule has 0 unspecified atom stereocenters. The van der Waals surface area contributed by atoms with Gasteiger partial charge in [-0.2, -0.15) is 0 Å². The Kier molecular flexibility index (Phi) is 4.67. The number of halogens is 1. The number of benzene rings is 1. The van der Waals surface area contributed by atoms with Gasteiger partial charge < -0.3 is 5.32 Å². The van der Waals surface area contributed by atoms with Gasteiger partial charge in [0.15, 0.2) is 0 Å². The molecule has 2 nitrogen and oxygen atoms in total. The fourth-order valence-corrected chi connectivity index (χ4v) is 3.08. The number of carbonyl (C=O) groups excluding carboxylic acids is 1. The summed E-state index contributed by atoms with van der Waals surface area (Å²) in [6, 6.07) is 10.3. The van der Waals surface area contributed by atoms with Crippen molar-refractivity contribution in [3.05, 3.63) is 35.9 Å². The van der Waals surface area contributed by atoms with Gasteiger partial charge in [-0.3, -0.25) is 4.79 Å². The monoisotopic (exact) mass is 323 g/mol. The van der Waals surface area contributed by atoms with Crippen LogP contribution in [0.25, 0.3) is 0 Å². The summed E-state index contributed by atoms with van der Waals surface area (Å²) in [4.78, 5) is 13.1. The third-order valence-electron chi connectivity index (χ3n) is 4.06. The molecular formula is C16H22BrNO. The van der Waals surface area contributed by atoms with Gasteiger partial charge in [-0.1, -0.05) is 46.3 Å². The van der Waals surface area contributed by atoms with Crippen LogP contribution in [0.1, 0.15) is 45.1 Å². The lowest BCUT2D eigenvalue weighted by Gasteiger charge is -2.31. The minimum Gasteiger partial charge on any atom is -0.353 e. The van der Waals surface area contributed by atoms with E-state index in [9.17, 15) is 4.79 Å². The molecule has 3 heteroatoms. The largest absolute Gasteiger partial charge is 0.353 e. The van der Waals surface area contributed by atoms with Gasteiger partial charge in [0.25, 0.3) is 0 Å². The van der Waals surface area contributed by atoms with E-state index in [0.717, 1.165) is 31.2 Å². The van der Waals surface area contributed by atoms with Crippen LogP contribution in [0.5, 0.6) is 0 Å². The van der Waals surface area contributed by atoms with E-state index in [1.165, 1.54) is 0 Å². The fraction of sp³-hybridized carbons (Fsp3) is 0.562. The summed E-state index contributed by atoms with van der Waals surface area (Å²) in [5, 5.41) is 3.22. The van der Waals surface area contributed by atoms with Crippen molar-refractivity contribution in [2.24, 2.45) is 0 Å². The third-order valence-corrected chi connectivity index (χ3v) is 4.97. The molecule has 0 bridgehead atoms. The molecule has 0 aromatic heterocycles. The number of rotatable bonds is 3. The van der Waals surface area contributed by atoms with E-state index in [0.29, 0.717) is 10.9 Å². The average molecular weight is 324 g/mol. The van der Waals surface area contributed by atoms with E-state index in [2.05, 4.69) is 21.2 Å². The SMILES string of the molecule is CC(C)(C(=O)NC1CCC(Br)CC1)c1ccccc1. The number of hydrogen-bond acceptors (Lipinski definition) is 1. The molecular weight excluding hydrogens is 302 g/mol. The Bertz CT molecular complexity index is 422. The van der Waals surface area contributed by atoms with Crippen LogP contribution < -0.4 is 5.32 Å². The first kappa shape index (κ1) is 14.6. The van der Waals surface area contributed by atoms with Crippen molar-refractivity contribution in [3.63, 3.8) is 0 Å². The molecule has 0 spiro atoms. The molecule has 1 fully saturated rings. The first-order valence-corrected chi connectivity index (χ1v) is 7.92. The summed E-state index contributed by atoms with van der Waals surface area (Å²) in [5.74, 6) is 0.136. The maximum atomic E-state index is 12.5. The number of carbonyl (C=O) groups is 1. The molecule has 0 radical (unpaired) electrons. The second-order valence-electron chi connectivity index (χ2n) is 5.91. The van der Waals surface area contributed by atoms with Crippen molar-refractivity contribution in [2.45, 2.75) is 55.8 Å². The van der Waals surface area contributed by atoms with Gasteiger partial charge in [-0.15, -0.1) is 0 Å². The van der Waals surface area contributed by atoms with Gasteiger partial charge in [0, 0.05) is 10.9 Å². The number of amides is 1. The molecule has 104 valence electrons. The number of alkyl halides is 1. The fourth-order valence-electron chi connectivity index (χ4n) is 2.55. The standard InChI is InChI=1S/C16H22BrNO/c1-16(2,12-6-4-3-5-7-12)15(19)18-14-10-8-13(17)9-11-14/h3-7,13-14H,8-11H2,1-2H3,(H,18,19). The first-order chi connectivity index (χ1) is 9.00. The smallest absolute Gasteiger partial charge is 0.230 e. The maximum absolute atomic E-state index is 12.5. The van der Waals surface area contributed by atoms with Crippen LogP contribution in [0, 0.1) is 0 Å². The summed E-state index contributed by atoms with van der Waals surface area (Å²) in [6.45, 7) is 3.99. The summed E-state index contributed by atoms with van der Waals surface area (Å²) >= 11 is 3.65. The van der Waals surface area contributed by atoms with Gasteiger partial charge in [0.05, 0.1) is 5.41 Å². The molecule has 19 heavy (non-hydrogen) atoms. The highest BCUT2D eigenvalue weighted by molar-refractivity contribution is 9.09. The Morgan fingerprint density at radius 2 is 1.74 bits per heavy atom. The highest BCUT2D eigenvalue weighted by Crippen LogP contribution is 2.27.